The Bertz CT molecular complexity index is 873. The van der Waals surface area contributed by atoms with Crippen LogP contribution in [0.3, 0.4) is 0 Å². The average Bonchev–Trinajstić information content (AvgIpc) is 3.11. The number of benzene rings is 1. The Morgan fingerprint density at radius 3 is 2.58 bits per heavy atom. The van der Waals surface area contributed by atoms with Crippen molar-refractivity contribution in [2.45, 2.75) is 6.54 Å². The van der Waals surface area contributed by atoms with Crippen LogP contribution in [-0.2, 0) is 6.54 Å². The van der Waals surface area contributed by atoms with E-state index < -0.39 is 0 Å². The van der Waals surface area contributed by atoms with Crippen molar-refractivity contribution in [3.8, 4) is 11.4 Å². The van der Waals surface area contributed by atoms with Crippen LogP contribution < -0.4 is 15.0 Å². The first-order chi connectivity index (χ1) is 12.6. The highest BCUT2D eigenvalue weighted by Crippen LogP contribution is 2.19. The van der Waals surface area contributed by atoms with Gasteiger partial charge in [0.05, 0.1) is 19.0 Å². The molecule has 0 aliphatic carbocycles. The second-order valence-electron chi connectivity index (χ2n) is 5.93. The molecular weight excluding hydrogens is 330 g/mol. The summed E-state index contributed by atoms with van der Waals surface area (Å²) in [5.74, 6) is 0.990. The van der Waals surface area contributed by atoms with Crippen molar-refractivity contribution in [1.29, 1.82) is 0 Å². The average molecular weight is 351 g/mol. The van der Waals surface area contributed by atoms with Crippen molar-refractivity contribution < 1.29 is 9.53 Å². The number of hydrogen-bond acceptors (Lipinski definition) is 5. The number of hydrogen-bond donors (Lipinski definition) is 1. The molecule has 2 heterocycles. The number of amides is 1. The Balaban J connectivity index is 1.72. The smallest absolute Gasteiger partial charge is 0.275 e. The summed E-state index contributed by atoms with van der Waals surface area (Å²) >= 11 is 0. The van der Waals surface area contributed by atoms with E-state index in [-0.39, 0.29) is 11.6 Å². The predicted molar refractivity (Wildman–Crippen MR) is 99.9 cm³/mol. The Morgan fingerprint density at radius 1 is 1.19 bits per heavy atom. The first-order valence-corrected chi connectivity index (χ1v) is 8.18. The fourth-order valence-corrected chi connectivity index (χ4v) is 2.43. The second kappa shape index (κ2) is 7.69. The van der Waals surface area contributed by atoms with Crippen molar-refractivity contribution in [3.05, 3.63) is 66.1 Å². The molecule has 0 radical (unpaired) electrons. The molecule has 1 N–H and O–H groups in total. The van der Waals surface area contributed by atoms with Crippen LogP contribution in [0.4, 0.5) is 5.82 Å². The molecule has 3 aromatic rings. The molecule has 0 aliphatic rings. The maximum Gasteiger partial charge on any atom is 0.275 e. The molecule has 2 aromatic heterocycles. The molecule has 3 rings (SSSR count). The molecule has 0 bridgehead atoms. The zero-order valence-corrected chi connectivity index (χ0v) is 15.0. The standard InChI is InChI=1S/C19H21N5O2/c1-23(2)17-10-9-14(11-20-17)12-21-19(25)18-16(26-3)13-24(22-18)15-7-5-4-6-8-15/h4-11,13H,12H2,1-3H3,(H,21,25). The van der Waals surface area contributed by atoms with Crippen molar-refractivity contribution in [2.75, 3.05) is 26.1 Å². The number of nitrogens with one attached hydrogen (secondary N) is 1. The second-order valence-corrected chi connectivity index (χ2v) is 5.93. The van der Waals surface area contributed by atoms with E-state index >= 15 is 0 Å². The summed E-state index contributed by atoms with van der Waals surface area (Å²) < 4.78 is 6.93. The van der Waals surface area contributed by atoms with Crippen LogP contribution in [0.1, 0.15) is 16.1 Å². The van der Waals surface area contributed by atoms with Gasteiger partial charge in [-0.1, -0.05) is 24.3 Å². The van der Waals surface area contributed by atoms with Gasteiger partial charge < -0.3 is 15.0 Å². The van der Waals surface area contributed by atoms with Gasteiger partial charge in [-0.05, 0) is 23.8 Å². The Hall–Kier alpha value is -3.35. The van der Waals surface area contributed by atoms with Crippen LogP contribution in [0.25, 0.3) is 5.69 Å². The van der Waals surface area contributed by atoms with Crippen molar-refractivity contribution in [3.63, 3.8) is 0 Å². The number of carbonyl (C=O) groups excluding carboxylic acids is 1. The van der Waals surface area contributed by atoms with Gasteiger partial charge in [-0.25, -0.2) is 9.67 Å². The summed E-state index contributed by atoms with van der Waals surface area (Å²) in [7, 11) is 5.38. The van der Waals surface area contributed by atoms with Gasteiger partial charge >= 0.3 is 0 Å². The zero-order valence-electron chi connectivity index (χ0n) is 15.0. The van der Waals surface area contributed by atoms with E-state index in [2.05, 4.69) is 15.4 Å². The van der Waals surface area contributed by atoms with E-state index in [0.717, 1.165) is 17.1 Å². The highest BCUT2D eigenvalue weighted by atomic mass is 16.5. The quantitative estimate of drug-likeness (QED) is 0.738. The lowest BCUT2D eigenvalue weighted by Crippen LogP contribution is -2.24. The molecule has 0 fully saturated rings. The van der Waals surface area contributed by atoms with Crippen LogP contribution >= 0.6 is 0 Å². The van der Waals surface area contributed by atoms with E-state index in [1.807, 2.05) is 61.5 Å². The summed E-state index contributed by atoms with van der Waals surface area (Å²) in [6.07, 6.45) is 3.44. The SMILES string of the molecule is COc1cn(-c2ccccc2)nc1C(=O)NCc1ccc(N(C)C)nc1. The van der Waals surface area contributed by atoms with E-state index in [1.54, 1.807) is 17.1 Å². The summed E-state index contributed by atoms with van der Waals surface area (Å²) in [6, 6.07) is 13.4. The van der Waals surface area contributed by atoms with Gasteiger partial charge in [-0.15, -0.1) is 0 Å². The van der Waals surface area contributed by atoms with Crippen molar-refractivity contribution in [2.24, 2.45) is 0 Å². The van der Waals surface area contributed by atoms with Gasteiger partial charge in [-0.2, -0.15) is 5.10 Å². The number of para-hydroxylation sites is 1. The normalized spacial score (nSPS) is 10.4. The Kier molecular flexibility index (Phi) is 5.17. The van der Waals surface area contributed by atoms with Gasteiger partial charge in [-0.3, -0.25) is 4.79 Å². The van der Waals surface area contributed by atoms with Gasteiger partial charge in [0.25, 0.3) is 5.91 Å². The number of rotatable bonds is 6. The third kappa shape index (κ3) is 3.83. The van der Waals surface area contributed by atoms with Crippen LogP contribution in [0.5, 0.6) is 5.75 Å². The number of carbonyl (C=O) groups is 1. The summed E-state index contributed by atoms with van der Waals surface area (Å²) in [4.78, 5) is 18.8. The lowest BCUT2D eigenvalue weighted by molar-refractivity contribution is 0.0942. The molecule has 0 spiro atoms. The minimum absolute atomic E-state index is 0.245. The maximum atomic E-state index is 12.5. The fourth-order valence-electron chi connectivity index (χ4n) is 2.43. The minimum Gasteiger partial charge on any atom is -0.493 e. The third-order valence-electron chi connectivity index (χ3n) is 3.86. The van der Waals surface area contributed by atoms with E-state index in [1.165, 1.54) is 7.11 Å². The number of aromatic nitrogens is 3. The minimum atomic E-state index is -0.298. The van der Waals surface area contributed by atoms with Crippen LogP contribution in [-0.4, -0.2) is 41.9 Å². The molecule has 0 atom stereocenters. The molecule has 26 heavy (non-hydrogen) atoms. The van der Waals surface area contributed by atoms with E-state index in [0.29, 0.717) is 12.3 Å². The lowest BCUT2D eigenvalue weighted by atomic mass is 10.2. The summed E-state index contributed by atoms with van der Waals surface area (Å²) in [5, 5.41) is 7.21. The highest BCUT2D eigenvalue weighted by Gasteiger charge is 2.18. The van der Waals surface area contributed by atoms with E-state index in [9.17, 15) is 4.79 Å². The first-order valence-electron chi connectivity index (χ1n) is 8.18. The highest BCUT2D eigenvalue weighted by molar-refractivity contribution is 5.94. The van der Waals surface area contributed by atoms with Gasteiger partial charge in [0.1, 0.15) is 5.82 Å². The fraction of sp³-hybridized carbons (Fsp3) is 0.211. The number of nitrogens with zero attached hydrogens (tertiary/aromatic N) is 4. The van der Waals surface area contributed by atoms with Crippen molar-refractivity contribution in [1.82, 2.24) is 20.1 Å². The number of ether oxygens (including phenoxy) is 1. The van der Waals surface area contributed by atoms with Gasteiger partial charge in [0.2, 0.25) is 0 Å². The first kappa shape index (κ1) is 17.5. The largest absolute Gasteiger partial charge is 0.493 e. The Morgan fingerprint density at radius 2 is 1.96 bits per heavy atom. The van der Waals surface area contributed by atoms with E-state index in [4.69, 9.17) is 4.74 Å². The Labute approximate surface area is 152 Å². The summed E-state index contributed by atoms with van der Waals surface area (Å²) in [5.41, 5.74) is 2.01. The molecule has 134 valence electrons. The maximum absolute atomic E-state index is 12.5. The molecule has 7 nitrogen and oxygen atoms in total. The molecule has 1 amide bonds. The number of anilines is 1. The van der Waals surface area contributed by atoms with Crippen LogP contribution in [0, 0.1) is 0 Å². The van der Waals surface area contributed by atoms with Gasteiger partial charge in [0.15, 0.2) is 11.4 Å². The topological polar surface area (TPSA) is 72.3 Å². The third-order valence-corrected chi connectivity index (χ3v) is 3.86. The zero-order chi connectivity index (χ0) is 18.5. The molecule has 7 heteroatoms. The molecule has 0 unspecified atom stereocenters. The monoisotopic (exact) mass is 351 g/mol. The molecule has 0 saturated heterocycles. The number of pyridine rings is 1. The van der Waals surface area contributed by atoms with Crippen LogP contribution in [0.15, 0.2) is 54.9 Å². The molecule has 0 aliphatic heterocycles. The predicted octanol–water partition coefficient (Wildman–Crippen LogP) is 2.27. The van der Waals surface area contributed by atoms with Gasteiger partial charge in [0, 0.05) is 26.8 Å². The molecular formula is C19H21N5O2. The van der Waals surface area contributed by atoms with Crippen LogP contribution in [0.2, 0.25) is 0 Å². The molecule has 1 aromatic carbocycles. The molecule has 0 saturated carbocycles. The lowest BCUT2D eigenvalue weighted by Gasteiger charge is -2.11. The number of methoxy groups -OCH3 is 1. The van der Waals surface area contributed by atoms with Crippen molar-refractivity contribution >= 4 is 11.7 Å². The summed E-state index contributed by atoms with van der Waals surface area (Å²) in [6.45, 7) is 0.362.